The second-order valence-electron chi connectivity index (χ2n) is 2.92. The van der Waals surface area contributed by atoms with Gasteiger partial charge in [0.05, 0.1) is 18.5 Å². The van der Waals surface area contributed by atoms with Crippen LogP contribution in [0.5, 0.6) is 0 Å². The van der Waals surface area contributed by atoms with E-state index in [1.807, 2.05) is 20.8 Å². The normalized spacial score (nSPS) is 12.5. The second-order valence-corrected chi connectivity index (χ2v) is 2.92. The van der Waals surface area contributed by atoms with Crippen LogP contribution in [0.3, 0.4) is 0 Å². The standard InChI is InChI=1S/C8H12N4/c1-6(4-9)5-12-8(3)10-7(2)11-12/h6H,5H2,1-3H3. The van der Waals surface area contributed by atoms with Crippen LogP contribution >= 0.6 is 0 Å². The highest BCUT2D eigenvalue weighted by molar-refractivity contribution is 4.89. The minimum atomic E-state index is -0.00944. The lowest BCUT2D eigenvalue weighted by Gasteiger charge is -2.02. The zero-order chi connectivity index (χ0) is 9.14. The average Bonchev–Trinajstić information content (AvgIpc) is 2.30. The van der Waals surface area contributed by atoms with Gasteiger partial charge in [-0.2, -0.15) is 10.4 Å². The molecule has 1 unspecified atom stereocenters. The third kappa shape index (κ3) is 1.82. The molecule has 0 saturated heterocycles. The molecule has 1 aromatic rings. The molecule has 1 atom stereocenters. The molecule has 0 aromatic carbocycles. The van der Waals surface area contributed by atoms with E-state index in [9.17, 15) is 0 Å². The fourth-order valence-corrected chi connectivity index (χ4v) is 1.03. The summed E-state index contributed by atoms with van der Waals surface area (Å²) < 4.78 is 1.77. The quantitative estimate of drug-likeness (QED) is 0.656. The van der Waals surface area contributed by atoms with Gasteiger partial charge in [-0.3, -0.25) is 0 Å². The molecule has 4 heteroatoms. The first-order chi connectivity index (χ1) is 5.63. The van der Waals surface area contributed by atoms with E-state index in [0.29, 0.717) is 6.54 Å². The van der Waals surface area contributed by atoms with Crippen LogP contribution in [-0.2, 0) is 6.54 Å². The fourth-order valence-electron chi connectivity index (χ4n) is 1.03. The molecule has 1 heterocycles. The van der Waals surface area contributed by atoms with Crippen molar-refractivity contribution in [3.05, 3.63) is 11.6 Å². The van der Waals surface area contributed by atoms with Crippen LogP contribution in [0.25, 0.3) is 0 Å². The molecule has 0 bridgehead atoms. The summed E-state index contributed by atoms with van der Waals surface area (Å²) in [6.07, 6.45) is 0. The van der Waals surface area contributed by atoms with Crippen LogP contribution in [0.1, 0.15) is 18.6 Å². The van der Waals surface area contributed by atoms with Crippen molar-refractivity contribution in [2.24, 2.45) is 5.92 Å². The molecule has 0 aliphatic heterocycles. The van der Waals surface area contributed by atoms with Gasteiger partial charge in [-0.05, 0) is 20.8 Å². The van der Waals surface area contributed by atoms with E-state index in [2.05, 4.69) is 16.2 Å². The Hall–Kier alpha value is -1.37. The first-order valence-electron chi connectivity index (χ1n) is 3.91. The maximum absolute atomic E-state index is 8.58. The van der Waals surface area contributed by atoms with E-state index < -0.39 is 0 Å². The van der Waals surface area contributed by atoms with Gasteiger partial charge >= 0.3 is 0 Å². The van der Waals surface area contributed by atoms with Crippen LogP contribution in [0.2, 0.25) is 0 Å². The summed E-state index contributed by atoms with van der Waals surface area (Å²) in [7, 11) is 0. The van der Waals surface area contributed by atoms with Gasteiger partial charge < -0.3 is 0 Å². The first kappa shape index (κ1) is 8.72. The van der Waals surface area contributed by atoms with Crippen LogP contribution in [0.15, 0.2) is 0 Å². The lowest BCUT2D eigenvalue weighted by Crippen LogP contribution is -2.09. The first-order valence-corrected chi connectivity index (χ1v) is 3.91. The summed E-state index contributed by atoms with van der Waals surface area (Å²) >= 11 is 0. The molecule has 1 aromatic heterocycles. The van der Waals surface area contributed by atoms with E-state index in [1.165, 1.54) is 0 Å². The Morgan fingerprint density at radius 3 is 2.67 bits per heavy atom. The van der Waals surface area contributed by atoms with Gasteiger partial charge in [-0.25, -0.2) is 9.67 Å². The minimum Gasteiger partial charge on any atom is -0.249 e. The van der Waals surface area contributed by atoms with Crippen LogP contribution in [0, 0.1) is 31.1 Å². The van der Waals surface area contributed by atoms with Crippen molar-refractivity contribution < 1.29 is 0 Å². The molecular weight excluding hydrogens is 152 g/mol. The van der Waals surface area contributed by atoms with Crippen molar-refractivity contribution in [1.29, 1.82) is 5.26 Å². The van der Waals surface area contributed by atoms with Crippen LogP contribution in [0.4, 0.5) is 0 Å². The van der Waals surface area contributed by atoms with Gasteiger partial charge in [-0.1, -0.05) is 0 Å². The molecule has 0 radical (unpaired) electrons. The van der Waals surface area contributed by atoms with E-state index in [4.69, 9.17) is 5.26 Å². The molecule has 12 heavy (non-hydrogen) atoms. The topological polar surface area (TPSA) is 54.5 Å². The zero-order valence-corrected chi connectivity index (χ0v) is 7.57. The fraction of sp³-hybridized carbons (Fsp3) is 0.625. The van der Waals surface area contributed by atoms with Crippen molar-refractivity contribution in [3.63, 3.8) is 0 Å². The Labute approximate surface area is 71.8 Å². The average molecular weight is 164 g/mol. The van der Waals surface area contributed by atoms with E-state index in [0.717, 1.165) is 11.6 Å². The summed E-state index contributed by atoms with van der Waals surface area (Å²) in [5.41, 5.74) is 0. The van der Waals surface area contributed by atoms with Gasteiger partial charge in [0.25, 0.3) is 0 Å². The third-order valence-corrected chi connectivity index (χ3v) is 1.63. The lowest BCUT2D eigenvalue weighted by atomic mass is 10.2. The summed E-state index contributed by atoms with van der Waals surface area (Å²) in [5.74, 6) is 1.62. The predicted molar refractivity (Wildman–Crippen MR) is 44.3 cm³/mol. The summed E-state index contributed by atoms with van der Waals surface area (Å²) in [4.78, 5) is 4.14. The predicted octanol–water partition coefficient (Wildman–Crippen LogP) is 1.05. The molecule has 0 aliphatic rings. The van der Waals surface area contributed by atoms with Crippen LogP contribution < -0.4 is 0 Å². The molecule has 64 valence electrons. The third-order valence-electron chi connectivity index (χ3n) is 1.63. The van der Waals surface area contributed by atoms with E-state index >= 15 is 0 Å². The molecule has 4 nitrogen and oxygen atoms in total. The van der Waals surface area contributed by atoms with Crippen molar-refractivity contribution in [2.45, 2.75) is 27.3 Å². The molecule has 0 aliphatic carbocycles. The Bertz CT molecular complexity index is 307. The zero-order valence-electron chi connectivity index (χ0n) is 7.57. The highest BCUT2D eigenvalue weighted by atomic mass is 15.3. The van der Waals surface area contributed by atoms with E-state index in [1.54, 1.807) is 4.68 Å². The van der Waals surface area contributed by atoms with Gasteiger partial charge in [0, 0.05) is 0 Å². The molecule has 0 spiro atoms. The van der Waals surface area contributed by atoms with Crippen LogP contribution in [-0.4, -0.2) is 14.8 Å². The summed E-state index contributed by atoms with van der Waals surface area (Å²) in [6.45, 7) is 6.24. The maximum atomic E-state index is 8.58. The summed E-state index contributed by atoms with van der Waals surface area (Å²) in [5, 5.41) is 12.7. The van der Waals surface area contributed by atoms with Gasteiger partial charge in [0.2, 0.25) is 0 Å². The van der Waals surface area contributed by atoms with Crippen molar-refractivity contribution in [3.8, 4) is 6.07 Å². The number of nitrogens with zero attached hydrogens (tertiary/aromatic N) is 4. The van der Waals surface area contributed by atoms with Crippen molar-refractivity contribution in [1.82, 2.24) is 14.8 Å². The Morgan fingerprint density at radius 1 is 1.58 bits per heavy atom. The highest BCUT2D eigenvalue weighted by Gasteiger charge is 2.05. The minimum absolute atomic E-state index is 0.00944. The molecule has 0 amide bonds. The van der Waals surface area contributed by atoms with Crippen molar-refractivity contribution >= 4 is 0 Å². The van der Waals surface area contributed by atoms with E-state index in [-0.39, 0.29) is 5.92 Å². The van der Waals surface area contributed by atoms with Gasteiger partial charge in [0.1, 0.15) is 11.6 Å². The SMILES string of the molecule is Cc1nc(C)n(CC(C)C#N)n1. The number of aryl methyl sites for hydroxylation is 2. The Morgan fingerprint density at radius 2 is 2.25 bits per heavy atom. The smallest absolute Gasteiger partial charge is 0.147 e. The molecule has 1 rings (SSSR count). The summed E-state index contributed by atoms with van der Waals surface area (Å²) in [6, 6.07) is 2.16. The number of hydrogen-bond acceptors (Lipinski definition) is 3. The van der Waals surface area contributed by atoms with Gasteiger partial charge in [0.15, 0.2) is 0 Å². The number of aromatic nitrogens is 3. The highest BCUT2D eigenvalue weighted by Crippen LogP contribution is 2.01. The number of rotatable bonds is 2. The maximum Gasteiger partial charge on any atom is 0.147 e. The molecule has 0 fully saturated rings. The Kier molecular flexibility index (Phi) is 2.44. The largest absolute Gasteiger partial charge is 0.249 e. The van der Waals surface area contributed by atoms with Gasteiger partial charge in [-0.15, -0.1) is 0 Å². The second kappa shape index (κ2) is 3.35. The lowest BCUT2D eigenvalue weighted by molar-refractivity contribution is 0.513. The molecule has 0 N–H and O–H groups in total. The number of nitriles is 1. The van der Waals surface area contributed by atoms with Crippen molar-refractivity contribution in [2.75, 3.05) is 0 Å². The monoisotopic (exact) mass is 164 g/mol. The Balaban J connectivity index is 2.76. The molecular formula is C8H12N4. The number of hydrogen-bond donors (Lipinski definition) is 0. The molecule has 0 saturated carbocycles.